The van der Waals surface area contributed by atoms with Gasteiger partial charge < -0.3 is 9.47 Å². The Hall–Kier alpha value is -4.42. The second-order valence-electron chi connectivity index (χ2n) is 7.41. The minimum Gasteiger partial charge on any atom is -0.484 e. The van der Waals surface area contributed by atoms with Gasteiger partial charge in [0.1, 0.15) is 11.5 Å². The van der Waals surface area contributed by atoms with Crippen LogP contribution in [0.25, 0.3) is 11.1 Å². The fourth-order valence-electron chi connectivity index (χ4n) is 3.14. The Morgan fingerprint density at radius 3 is 2.11 bits per heavy atom. The molecule has 35 heavy (non-hydrogen) atoms. The SMILES string of the molecule is O=C(COc1ccc(-c2ccccc2)cc1)NN=Cc1ccc(OC(=O)c2ccccc2Cl)cc1. The van der Waals surface area contributed by atoms with Gasteiger partial charge in [0, 0.05) is 0 Å². The molecule has 1 N–H and O–H groups in total. The minimum absolute atomic E-state index is 0.168. The zero-order valence-electron chi connectivity index (χ0n) is 18.6. The van der Waals surface area contributed by atoms with Crippen LogP contribution in [0.4, 0.5) is 0 Å². The molecule has 0 aliphatic carbocycles. The molecule has 0 bridgehead atoms. The predicted molar refractivity (Wildman–Crippen MR) is 136 cm³/mol. The first-order valence-electron chi connectivity index (χ1n) is 10.8. The highest BCUT2D eigenvalue weighted by Gasteiger charge is 2.12. The molecule has 0 aliphatic heterocycles. The van der Waals surface area contributed by atoms with Gasteiger partial charge in [-0.3, -0.25) is 4.79 Å². The molecule has 174 valence electrons. The van der Waals surface area contributed by atoms with Crippen LogP contribution in [0.2, 0.25) is 5.02 Å². The number of carbonyl (C=O) groups is 2. The molecule has 0 aromatic heterocycles. The van der Waals surface area contributed by atoms with Gasteiger partial charge in [-0.25, -0.2) is 10.2 Å². The normalized spacial score (nSPS) is 10.7. The van der Waals surface area contributed by atoms with E-state index in [4.69, 9.17) is 21.1 Å². The number of amides is 1. The van der Waals surface area contributed by atoms with Gasteiger partial charge in [0.2, 0.25) is 0 Å². The molecule has 4 aromatic rings. The van der Waals surface area contributed by atoms with Crippen molar-refractivity contribution in [3.63, 3.8) is 0 Å². The predicted octanol–water partition coefficient (Wildman–Crippen LogP) is 5.76. The monoisotopic (exact) mass is 484 g/mol. The fourth-order valence-corrected chi connectivity index (χ4v) is 3.36. The number of rotatable bonds is 8. The Balaban J connectivity index is 1.23. The van der Waals surface area contributed by atoms with Gasteiger partial charge in [0.25, 0.3) is 5.91 Å². The number of benzene rings is 4. The molecular weight excluding hydrogens is 464 g/mol. The van der Waals surface area contributed by atoms with Gasteiger partial charge in [-0.1, -0.05) is 66.2 Å². The van der Waals surface area contributed by atoms with E-state index in [0.29, 0.717) is 22.1 Å². The zero-order valence-corrected chi connectivity index (χ0v) is 19.3. The number of hydrazone groups is 1. The first-order chi connectivity index (χ1) is 17.1. The molecule has 6 nitrogen and oxygen atoms in total. The summed E-state index contributed by atoms with van der Waals surface area (Å²) < 4.78 is 10.8. The van der Waals surface area contributed by atoms with Gasteiger partial charge in [0.05, 0.1) is 16.8 Å². The number of hydrogen-bond acceptors (Lipinski definition) is 5. The van der Waals surface area contributed by atoms with Crippen LogP contribution >= 0.6 is 11.6 Å². The van der Waals surface area contributed by atoms with E-state index in [1.165, 1.54) is 6.21 Å². The smallest absolute Gasteiger partial charge is 0.345 e. The van der Waals surface area contributed by atoms with E-state index in [9.17, 15) is 9.59 Å². The lowest BCUT2D eigenvalue weighted by Crippen LogP contribution is -2.24. The molecule has 0 aliphatic rings. The molecule has 0 saturated carbocycles. The van der Waals surface area contributed by atoms with E-state index in [0.717, 1.165) is 11.1 Å². The van der Waals surface area contributed by atoms with Gasteiger partial charge in [-0.2, -0.15) is 5.10 Å². The Labute approximate surface area is 207 Å². The van der Waals surface area contributed by atoms with Gasteiger partial charge >= 0.3 is 5.97 Å². The molecule has 4 rings (SSSR count). The molecular formula is C28H21ClN2O4. The number of carbonyl (C=O) groups excluding carboxylic acids is 2. The third-order valence-electron chi connectivity index (χ3n) is 4.92. The lowest BCUT2D eigenvalue weighted by molar-refractivity contribution is -0.123. The third kappa shape index (κ3) is 6.79. The maximum Gasteiger partial charge on any atom is 0.345 e. The molecule has 0 unspecified atom stereocenters. The summed E-state index contributed by atoms with van der Waals surface area (Å²) in [7, 11) is 0. The molecule has 7 heteroatoms. The van der Waals surface area contributed by atoms with Crippen LogP contribution < -0.4 is 14.9 Å². The van der Waals surface area contributed by atoms with Crippen molar-refractivity contribution in [2.75, 3.05) is 6.61 Å². The maximum atomic E-state index is 12.2. The van der Waals surface area contributed by atoms with E-state index in [2.05, 4.69) is 10.5 Å². The van der Waals surface area contributed by atoms with Crippen molar-refractivity contribution >= 4 is 29.7 Å². The summed E-state index contributed by atoms with van der Waals surface area (Å²) >= 11 is 6.02. The summed E-state index contributed by atoms with van der Waals surface area (Å²) in [5.41, 5.74) is 5.59. The number of esters is 1. The number of halogens is 1. The number of ether oxygens (including phenoxy) is 2. The van der Waals surface area contributed by atoms with Crippen LogP contribution in [0.15, 0.2) is 108 Å². The molecule has 4 aromatic carbocycles. The molecule has 0 atom stereocenters. The second kappa shape index (κ2) is 11.6. The molecule has 0 heterocycles. The van der Waals surface area contributed by atoms with E-state index in [1.54, 1.807) is 48.5 Å². The summed E-state index contributed by atoms with van der Waals surface area (Å²) in [6.07, 6.45) is 1.48. The van der Waals surface area contributed by atoms with Crippen LogP contribution in [0.1, 0.15) is 15.9 Å². The minimum atomic E-state index is -0.543. The van der Waals surface area contributed by atoms with Crippen LogP contribution in [0.5, 0.6) is 11.5 Å². The highest BCUT2D eigenvalue weighted by atomic mass is 35.5. The standard InChI is InChI=1S/C28H21ClN2O4/c29-26-9-5-4-8-25(26)28(33)35-24-14-10-20(11-15-24)18-30-31-27(32)19-34-23-16-12-22(13-17-23)21-6-2-1-3-7-21/h1-18H,19H2,(H,31,32). The van der Waals surface area contributed by atoms with Crippen molar-refractivity contribution in [1.82, 2.24) is 5.43 Å². The van der Waals surface area contributed by atoms with E-state index in [-0.39, 0.29) is 12.2 Å². The molecule has 0 fully saturated rings. The van der Waals surface area contributed by atoms with Crippen LogP contribution in [0, 0.1) is 0 Å². The first kappa shape index (κ1) is 23.7. The lowest BCUT2D eigenvalue weighted by Gasteiger charge is -2.07. The number of nitrogens with one attached hydrogen (secondary N) is 1. The Morgan fingerprint density at radius 2 is 1.40 bits per heavy atom. The Kier molecular flexibility index (Phi) is 7.88. The first-order valence-corrected chi connectivity index (χ1v) is 11.1. The second-order valence-corrected chi connectivity index (χ2v) is 7.82. The maximum absolute atomic E-state index is 12.2. The van der Waals surface area contributed by atoms with Crippen molar-refractivity contribution in [3.05, 3.63) is 119 Å². The zero-order chi connectivity index (χ0) is 24.5. The fraction of sp³-hybridized carbons (Fsp3) is 0.0357. The summed E-state index contributed by atoms with van der Waals surface area (Å²) in [6, 6.07) is 30.8. The quantitative estimate of drug-likeness (QED) is 0.149. The number of nitrogens with zero attached hydrogens (tertiary/aromatic N) is 1. The highest BCUT2D eigenvalue weighted by molar-refractivity contribution is 6.33. The number of hydrogen-bond donors (Lipinski definition) is 1. The van der Waals surface area contributed by atoms with Crippen LogP contribution in [-0.2, 0) is 4.79 Å². The summed E-state index contributed by atoms with van der Waals surface area (Å²) in [4.78, 5) is 24.2. The van der Waals surface area contributed by atoms with Crippen molar-refractivity contribution in [2.24, 2.45) is 5.10 Å². The average Bonchev–Trinajstić information content (AvgIpc) is 2.89. The van der Waals surface area contributed by atoms with Crippen molar-refractivity contribution in [1.29, 1.82) is 0 Å². The summed E-state index contributed by atoms with van der Waals surface area (Å²) in [5, 5.41) is 4.25. The lowest BCUT2D eigenvalue weighted by atomic mass is 10.1. The van der Waals surface area contributed by atoms with E-state index < -0.39 is 11.9 Å². The summed E-state index contributed by atoms with van der Waals surface area (Å²) in [5.74, 6) is 0.0196. The third-order valence-corrected chi connectivity index (χ3v) is 5.25. The van der Waals surface area contributed by atoms with Gasteiger partial charge in [-0.05, 0) is 65.2 Å². The van der Waals surface area contributed by atoms with Gasteiger partial charge in [-0.15, -0.1) is 0 Å². The Morgan fingerprint density at radius 1 is 0.771 bits per heavy atom. The van der Waals surface area contributed by atoms with Crippen molar-refractivity contribution in [2.45, 2.75) is 0 Å². The summed E-state index contributed by atoms with van der Waals surface area (Å²) in [6.45, 7) is -0.168. The Bertz CT molecular complexity index is 1320. The van der Waals surface area contributed by atoms with E-state index >= 15 is 0 Å². The largest absolute Gasteiger partial charge is 0.484 e. The van der Waals surface area contributed by atoms with Crippen LogP contribution in [-0.4, -0.2) is 24.7 Å². The van der Waals surface area contributed by atoms with Gasteiger partial charge in [0.15, 0.2) is 6.61 Å². The average molecular weight is 485 g/mol. The topological polar surface area (TPSA) is 77.0 Å². The van der Waals surface area contributed by atoms with Crippen molar-refractivity contribution in [3.8, 4) is 22.6 Å². The molecule has 1 amide bonds. The molecule has 0 spiro atoms. The van der Waals surface area contributed by atoms with E-state index in [1.807, 2.05) is 54.6 Å². The van der Waals surface area contributed by atoms with Crippen molar-refractivity contribution < 1.29 is 19.1 Å². The molecule has 0 radical (unpaired) electrons. The molecule has 0 saturated heterocycles. The van der Waals surface area contributed by atoms with Crippen LogP contribution in [0.3, 0.4) is 0 Å². The highest BCUT2D eigenvalue weighted by Crippen LogP contribution is 2.22.